The number of carbonyl (C=O) groups excluding carboxylic acids is 1. The van der Waals surface area contributed by atoms with Crippen LogP contribution in [0.4, 0.5) is 0 Å². The van der Waals surface area contributed by atoms with Crippen LogP contribution in [0, 0.1) is 0 Å². The van der Waals surface area contributed by atoms with E-state index in [1.807, 2.05) is 16.2 Å². The summed E-state index contributed by atoms with van der Waals surface area (Å²) in [7, 11) is 0. The van der Waals surface area contributed by atoms with Crippen LogP contribution < -0.4 is 0 Å². The van der Waals surface area contributed by atoms with Crippen molar-refractivity contribution in [3.63, 3.8) is 0 Å². The minimum Gasteiger partial charge on any atom is -0.373 e. The molecule has 134 valence electrons. The van der Waals surface area contributed by atoms with E-state index in [-0.39, 0.29) is 5.91 Å². The number of nitrogens with zero attached hydrogens (tertiary/aromatic N) is 4. The highest BCUT2D eigenvalue weighted by Crippen LogP contribution is 2.33. The van der Waals surface area contributed by atoms with Crippen molar-refractivity contribution in [3.8, 4) is 0 Å². The number of hydrogen-bond acceptors (Lipinski definition) is 6. The van der Waals surface area contributed by atoms with Crippen LogP contribution in [0.1, 0.15) is 45.7 Å². The van der Waals surface area contributed by atoms with E-state index in [2.05, 4.69) is 32.2 Å². The molecule has 0 radical (unpaired) electrons. The second-order valence-electron chi connectivity index (χ2n) is 6.56. The van der Waals surface area contributed by atoms with Crippen molar-refractivity contribution in [3.05, 3.63) is 34.0 Å². The van der Waals surface area contributed by atoms with E-state index >= 15 is 0 Å². The maximum absolute atomic E-state index is 12.3. The lowest BCUT2D eigenvalue weighted by molar-refractivity contribution is 0.0172. The number of ether oxygens (including phenoxy) is 1. The van der Waals surface area contributed by atoms with Crippen molar-refractivity contribution in [2.75, 3.05) is 32.8 Å². The quantitative estimate of drug-likeness (QED) is 0.902. The summed E-state index contributed by atoms with van der Waals surface area (Å²) < 4.78 is 5.88. The van der Waals surface area contributed by atoms with Crippen LogP contribution >= 0.6 is 11.3 Å². The van der Waals surface area contributed by atoms with Crippen LogP contribution in [0.2, 0.25) is 0 Å². The molecule has 1 amide bonds. The molecule has 4 rings (SSSR count). The maximum Gasteiger partial charge on any atom is 0.291 e. The standard InChI is InChI=1S/C17H23N5O2S/c23-17(16-18-12-19-20-16)22-8-6-21(7-9-22)11-13-4-5-15(25-13)14-3-1-2-10-24-14/h4-5,12,14H,1-3,6-11H2,(H,18,19,20)/t14-/m1/s1. The molecule has 2 aliphatic heterocycles. The number of nitrogens with one attached hydrogen (secondary N) is 1. The minimum absolute atomic E-state index is 0.0648. The lowest BCUT2D eigenvalue weighted by atomic mass is 10.1. The number of piperazine rings is 1. The van der Waals surface area contributed by atoms with E-state index < -0.39 is 0 Å². The topological polar surface area (TPSA) is 74.4 Å². The Morgan fingerprint density at radius 3 is 2.88 bits per heavy atom. The zero-order chi connectivity index (χ0) is 17.1. The van der Waals surface area contributed by atoms with Gasteiger partial charge in [-0.1, -0.05) is 0 Å². The van der Waals surface area contributed by atoms with Crippen LogP contribution in [-0.4, -0.2) is 63.7 Å². The van der Waals surface area contributed by atoms with Gasteiger partial charge in [-0.05, 0) is 31.4 Å². The number of aromatic nitrogens is 3. The van der Waals surface area contributed by atoms with E-state index in [0.717, 1.165) is 45.8 Å². The molecule has 2 aromatic heterocycles. The first-order valence-electron chi connectivity index (χ1n) is 8.87. The molecule has 0 aliphatic carbocycles. The van der Waals surface area contributed by atoms with E-state index in [9.17, 15) is 4.79 Å². The number of hydrogen-bond donors (Lipinski definition) is 1. The fourth-order valence-electron chi connectivity index (χ4n) is 3.41. The number of aromatic amines is 1. The molecule has 1 atom stereocenters. The molecular weight excluding hydrogens is 338 g/mol. The molecule has 25 heavy (non-hydrogen) atoms. The van der Waals surface area contributed by atoms with Crippen molar-refractivity contribution in [2.45, 2.75) is 31.9 Å². The van der Waals surface area contributed by atoms with Crippen LogP contribution in [0.15, 0.2) is 18.5 Å². The second kappa shape index (κ2) is 7.63. The largest absolute Gasteiger partial charge is 0.373 e. The molecule has 0 spiro atoms. The molecule has 0 bridgehead atoms. The number of thiophene rings is 1. The molecular formula is C17H23N5O2S. The monoisotopic (exact) mass is 361 g/mol. The molecule has 1 N–H and O–H groups in total. The number of amides is 1. The van der Waals surface area contributed by atoms with Gasteiger partial charge in [0.05, 0.1) is 6.10 Å². The Bertz CT molecular complexity index is 688. The minimum atomic E-state index is -0.0648. The SMILES string of the molecule is O=C(c1ncn[nH]1)N1CCN(Cc2ccc([C@H]3CCCCO3)s2)CC1. The predicted octanol–water partition coefficient (Wildman–Crippen LogP) is 2.07. The summed E-state index contributed by atoms with van der Waals surface area (Å²) in [5.74, 6) is 0.258. The normalized spacial score (nSPS) is 22.2. The van der Waals surface area contributed by atoms with Crippen molar-refractivity contribution in [2.24, 2.45) is 0 Å². The zero-order valence-electron chi connectivity index (χ0n) is 14.2. The van der Waals surface area contributed by atoms with Crippen LogP contribution in [0.3, 0.4) is 0 Å². The summed E-state index contributed by atoms with van der Waals surface area (Å²) in [6.45, 7) is 5.05. The molecule has 7 nitrogen and oxygen atoms in total. The van der Waals surface area contributed by atoms with Gasteiger partial charge in [0.2, 0.25) is 5.82 Å². The van der Waals surface area contributed by atoms with E-state index in [1.54, 1.807) is 0 Å². The van der Waals surface area contributed by atoms with Crippen molar-refractivity contribution in [1.82, 2.24) is 25.0 Å². The summed E-state index contributed by atoms with van der Waals surface area (Å²) in [6, 6.07) is 4.45. The first-order valence-corrected chi connectivity index (χ1v) is 9.68. The van der Waals surface area contributed by atoms with Gasteiger partial charge < -0.3 is 9.64 Å². The van der Waals surface area contributed by atoms with Gasteiger partial charge in [0, 0.05) is 49.1 Å². The highest BCUT2D eigenvalue weighted by atomic mass is 32.1. The molecule has 2 saturated heterocycles. The first kappa shape index (κ1) is 16.7. The molecule has 2 fully saturated rings. The third kappa shape index (κ3) is 3.91. The molecule has 0 unspecified atom stereocenters. The Hall–Kier alpha value is -1.77. The van der Waals surface area contributed by atoms with Gasteiger partial charge in [-0.15, -0.1) is 11.3 Å². The maximum atomic E-state index is 12.3. The van der Waals surface area contributed by atoms with E-state index in [0.29, 0.717) is 11.9 Å². The van der Waals surface area contributed by atoms with Gasteiger partial charge in [-0.25, -0.2) is 4.98 Å². The third-order valence-electron chi connectivity index (χ3n) is 4.84. The van der Waals surface area contributed by atoms with Crippen LogP contribution in [-0.2, 0) is 11.3 Å². The zero-order valence-corrected chi connectivity index (χ0v) is 15.0. The molecule has 8 heteroatoms. The molecule has 2 aromatic rings. The smallest absolute Gasteiger partial charge is 0.291 e. The molecule has 0 aromatic carbocycles. The van der Waals surface area contributed by atoms with Gasteiger partial charge in [-0.3, -0.25) is 14.8 Å². The van der Waals surface area contributed by atoms with Crippen LogP contribution in [0.25, 0.3) is 0 Å². The summed E-state index contributed by atoms with van der Waals surface area (Å²) in [6.07, 6.45) is 5.25. The van der Waals surface area contributed by atoms with Gasteiger partial charge in [0.1, 0.15) is 6.33 Å². The fourth-order valence-corrected chi connectivity index (χ4v) is 4.54. The number of rotatable bonds is 4. The summed E-state index contributed by atoms with van der Waals surface area (Å²) in [5, 5.41) is 6.39. The first-order chi connectivity index (χ1) is 12.3. The third-order valence-corrected chi connectivity index (χ3v) is 6.00. The highest BCUT2D eigenvalue weighted by Gasteiger charge is 2.24. The number of carbonyl (C=O) groups is 1. The van der Waals surface area contributed by atoms with Gasteiger partial charge >= 0.3 is 0 Å². The van der Waals surface area contributed by atoms with E-state index in [1.165, 1.54) is 28.9 Å². The predicted molar refractivity (Wildman–Crippen MR) is 94.4 cm³/mol. The van der Waals surface area contributed by atoms with E-state index in [4.69, 9.17) is 4.74 Å². The Balaban J connectivity index is 1.28. The molecule has 4 heterocycles. The summed E-state index contributed by atoms with van der Waals surface area (Å²) >= 11 is 1.87. The van der Waals surface area contributed by atoms with Crippen molar-refractivity contribution < 1.29 is 9.53 Å². The van der Waals surface area contributed by atoms with Gasteiger partial charge in [0.15, 0.2) is 0 Å². The van der Waals surface area contributed by atoms with Gasteiger partial charge in [0.25, 0.3) is 5.91 Å². The Kier molecular flexibility index (Phi) is 5.09. The van der Waals surface area contributed by atoms with Crippen LogP contribution in [0.5, 0.6) is 0 Å². The average Bonchev–Trinajstić information content (AvgIpc) is 3.35. The average molecular weight is 361 g/mol. The summed E-state index contributed by atoms with van der Waals surface area (Å²) in [5.41, 5.74) is 0. The van der Waals surface area contributed by atoms with Gasteiger partial charge in [-0.2, -0.15) is 5.10 Å². The highest BCUT2D eigenvalue weighted by molar-refractivity contribution is 7.12. The van der Waals surface area contributed by atoms with Crippen molar-refractivity contribution in [1.29, 1.82) is 0 Å². The summed E-state index contributed by atoms with van der Waals surface area (Å²) in [4.78, 5) is 23.2. The fraction of sp³-hybridized carbons (Fsp3) is 0.588. The Morgan fingerprint density at radius 1 is 1.28 bits per heavy atom. The lowest BCUT2D eigenvalue weighted by Crippen LogP contribution is -2.48. The second-order valence-corrected chi connectivity index (χ2v) is 7.76. The molecule has 2 aliphatic rings. The molecule has 0 saturated carbocycles. The number of H-pyrrole nitrogens is 1. The Morgan fingerprint density at radius 2 is 2.16 bits per heavy atom. The van der Waals surface area contributed by atoms with Crippen molar-refractivity contribution >= 4 is 17.2 Å². The lowest BCUT2D eigenvalue weighted by Gasteiger charge is -2.34. The Labute approximate surface area is 151 Å².